The summed E-state index contributed by atoms with van der Waals surface area (Å²) in [5.74, 6) is -0.350. The molecule has 0 unspecified atom stereocenters. The molecule has 1 aromatic heterocycles. The largest absolute Gasteiger partial charge is 0.466 e. The zero-order valence-electron chi connectivity index (χ0n) is 13.5. The van der Waals surface area contributed by atoms with Crippen molar-refractivity contribution in [2.24, 2.45) is 0 Å². The molecule has 2 rings (SSSR count). The Morgan fingerprint density at radius 2 is 1.91 bits per heavy atom. The second kappa shape index (κ2) is 6.75. The second-order valence-electron chi connectivity index (χ2n) is 5.20. The molecule has 0 N–H and O–H groups in total. The third kappa shape index (κ3) is 3.54. The summed E-state index contributed by atoms with van der Waals surface area (Å²) < 4.78 is 4.70. The van der Waals surface area contributed by atoms with Crippen LogP contribution in [0.4, 0.5) is 5.69 Å². The van der Waals surface area contributed by atoms with Crippen molar-refractivity contribution in [3.8, 4) is 11.3 Å². The lowest BCUT2D eigenvalue weighted by Gasteiger charge is -2.12. The summed E-state index contributed by atoms with van der Waals surface area (Å²) >= 11 is 1.58. The molecule has 4 nitrogen and oxygen atoms in total. The van der Waals surface area contributed by atoms with Gasteiger partial charge in [0.2, 0.25) is 0 Å². The van der Waals surface area contributed by atoms with Gasteiger partial charge in [-0.05, 0) is 31.6 Å². The summed E-state index contributed by atoms with van der Waals surface area (Å²) in [6.45, 7) is 3.87. The van der Waals surface area contributed by atoms with E-state index in [1.54, 1.807) is 11.3 Å². The van der Waals surface area contributed by atoms with Crippen molar-refractivity contribution in [1.29, 1.82) is 0 Å². The highest BCUT2D eigenvalue weighted by Gasteiger charge is 2.14. The number of aryl methyl sites for hydroxylation is 1. The van der Waals surface area contributed by atoms with E-state index >= 15 is 0 Å². The topological polar surface area (TPSA) is 42.4 Å². The van der Waals surface area contributed by atoms with Crippen LogP contribution in [0.25, 0.3) is 16.8 Å². The van der Waals surface area contributed by atoms with E-state index in [4.69, 9.17) is 4.74 Å². The lowest BCUT2D eigenvalue weighted by atomic mass is 10.1. The van der Waals surface area contributed by atoms with E-state index in [9.17, 15) is 4.79 Å². The van der Waals surface area contributed by atoms with E-state index in [0.29, 0.717) is 0 Å². The number of carbonyl (C=O) groups excluding carboxylic acids is 1. The Morgan fingerprint density at radius 3 is 2.45 bits per heavy atom. The molecule has 22 heavy (non-hydrogen) atoms. The Hall–Kier alpha value is -2.14. The van der Waals surface area contributed by atoms with Crippen molar-refractivity contribution >= 4 is 28.6 Å². The summed E-state index contributed by atoms with van der Waals surface area (Å²) in [4.78, 5) is 19.1. The normalized spacial score (nSPS) is 11.4. The maximum absolute atomic E-state index is 11.4. The Bertz CT molecular complexity index is 700. The van der Waals surface area contributed by atoms with Crippen LogP contribution in [0.5, 0.6) is 0 Å². The van der Waals surface area contributed by atoms with Gasteiger partial charge in [-0.1, -0.05) is 12.1 Å². The smallest absolute Gasteiger partial charge is 0.330 e. The predicted molar refractivity (Wildman–Crippen MR) is 92.3 cm³/mol. The Balaban J connectivity index is 2.44. The van der Waals surface area contributed by atoms with Crippen molar-refractivity contribution in [2.45, 2.75) is 13.8 Å². The maximum Gasteiger partial charge on any atom is 0.330 e. The molecule has 0 aliphatic heterocycles. The average molecular weight is 316 g/mol. The quantitative estimate of drug-likeness (QED) is 0.636. The van der Waals surface area contributed by atoms with Gasteiger partial charge in [0.05, 0.1) is 22.7 Å². The number of anilines is 1. The first kappa shape index (κ1) is 16.2. The maximum atomic E-state index is 11.4. The zero-order chi connectivity index (χ0) is 16.3. The lowest BCUT2D eigenvalue weighted by molar-refractivity contribution is -0.134. The number of rotatable bonds is 4. The third-order valence-electron chi connectivity index (χ3n) is 3.28. The molecule has 0 spiro atoms. The number of esters is 1. The fourth-order valence-corrected chi connectivity index (χ4v) is 3.02. The molecule has 0 atom stereocenters. The number of hydrogen-bond acceptors (Lipinski definition) is 5. The van der Waals surface area contributed by atoms with Crippen molar-refractivity contribution < 1.29 is 9.53 Å². The second-order valence-corrected chi connectivity index (χ2v) is 6.41. The minimum atomic E-state index is -0.350. The summed E-state index contributed by atoms with van der Waals surface area (Å²) in [6, 6.07) is 8.23. The van der Waals surface area contributed by atoms with Crippen LogP contribution in [0, 0.1) is 6.92 Å². The van der Waals surface area contributed by atoms with Crippen LogP contribution >= 0.6 is 11.3 Å². The summed E-state index contributed by atoms with van der Waals surface area (Å²) in [6.07, 6.45) is 1.50. The number of ether oxygens (including phenoxy) is 1. The molecule has 0 fully saturated rings. The number of aromatic nitrogens is 1. The molecule has 0 bridgehead atoms. The number of hydrogen-bond donors (Lipinski definition) is 0. The van der Waals surface area contributed by atoms with Gasteiger partial charge >= 0.3 is 5.97 Å². The van der Waals surface area contributed by atoms with Crippen molar-refractivity contribution in [3.63, 3.8) is 0 Å². The van der Waals surface area contributed by atoms with Gasteiger partial charge in [0.15, 0.2) is 0 Å². The summed E-state index contributed by atoms with van der Waals surface area (Å²) in [5, 5.41) is 0.972. The van der Waals surface area contributed by atoms with Crippen molar-refractivity contribution in [1.82, 2.24) is 4.98 Å². The predicted octanol–water partition coefficient (Wildman–Crippen LogP) is 3.76. The van der Waals surface area contributed by atoms with E-state index in [0.717, 1.165) is 32.4 Å². The molecule has 0 saturated heterocycles. The average Bonchev–Trinajstić information content (AvgIpc) is 2.89. The molecule has 1 heterocycles. The molecular weight excluding hydrogens is 296 g/mol. The highest BCUT2D eigenvalue weighted by molar-refractivity contribution is 7.13. The first-order valence-electron chi connectivity index (χ1n) is 6.94. The molecule has 0 radical (unpaired) electrons. The molecule has 116 valence electrons. The molecule has 2 aromatic rings. The fourth-order valence-electron chi connectivity index (χ4n) is 2.11. The number of benzene rings is 1. The van der Waals surface area contributed by atoms with Gasteiger partial charge in [-0.25, -0.2) is 9.78 Å². The van der Waals surface area contributed by atoms with Crippen LogP contribution in [0.2, 0.25) is 0 Å². The highest BCUT2D eigenvalue weighted by atomic mass is 32.1. The number of allylic oxidation sites excluding steroid dienone is 1. The first-order valence-corrected chi connectivity index (χ1v) is 7.76. The molecule has 0 aliphatic carbocycles. The van der Waals surface area contributed by atoms with E-state index in [1.807, 2.05) is 27.9 Å². The number of methoxy groups -OCH3 is 1. The minimum Gasteiger partial charge on any atom is -0.466 e. The van der Waals surface area contributed by atoms with E-state index in [1.165, 1.54) is 13.2 Å². The number of nitrogens with zero attached hydrogens (tertiary/aromatic N) is 2. The summed E-state index contributed by atoms with van der Waals surface area (Å²) in [7, 11) is 5.40. The van der Waals surface area contributed by atoms with Gasteiger partial charge in [-0.3, -0.25) is 0 Å². The monoisotopic (exact) mass is 316 g/mol. The lowest BCUT2D eigenvalue weighted by Crippen LogP contribution is -2.07. The van der Waals surface area contributed by atoms with Gasteiger partial charge in [-0.15, -0.1) is 11.3 Å². The van der Waals surface area contributed by atoms with Crippen LogP contribution in [0.3, 0.4) is 0 Å². The molecule has 0 amide bonds. The fraction of sp³-hybridized carbons (Fsp3) is 0.294. The SMILES string of the molecule is COC(=O)/C=C(\C)c1sc(C)nc1-c1ccc(N(C)C)cc1. The van der Waals surface area contributed by atoms with Gasteiger partial charge in [0, 0.05) is 31.4 Å². The first-order chi connectivity index (χ1) is 10.4. The van der Waals surface area contributed by atoms with Crippen LogP contribution < -0.4 is 4.90 Å². The standard InChI is InChI=1S/C17H20N2O2S/c1-11(10-15(20)21-5)17-16(18-12(2)22-17)13-6-8-14(9-7-13)19(3)4/h6-10H,1-5H3/b11-10+. The van der Waals surface area contributed by atoms with Gasteiger partial charge < -0.3 is 9.64 Å². The Morgan fingerprint density at radius 1 is 1.27 bits per heavy atom. The number of carbonyl (C=O) groups is 1. The van der Waals surface area contributed by atoms with Crippen LogP contribution in [0.1, 0.15) is 16.8 Å². The molecular formula is C17H20N2O2S. The Labute approximate surface area is 135 Å². The van der Waals surface area contributed by atoms with Crippen LogP contribution in [-0.4, -0.2) is 32.2 Å². The van der Waals surface area contributed by atoms with Crippen molar-refractivity contribution in [3.05, 3.63) is 40.2 Å². The van der Waals surface area contributed by atoms with E-state index in [2.05, 4.69) is 34.1 Å². The molecule has 1 aromatic carbocycles. The van der Waals surface area contributed by atoms with Gasteiger partial charge in [0.25, 0.3) is 0 Å². The molecule has 0 aliphatic rings. The molecule has 0 saturated carbocycles. The minimum absolute atomic E-state index is 0.350. The zero-order valence-corrected chi connectivity index (χ0v) is 14.3. The van der Waals surface area contributed by atoms with Crippen LogP contribution in [-0.2, 0) is 9.53 Å². The van der Waals surface area contributed by atoms with E-state index in [-0.39, 0.29) is 5.97 Å². The number of thiazole rings is 1. The van der Waals surface area contributed by atoms with Gasteiger partial charge in [0.1, 0.15) is 0 Å². The Kier molecular flexibility index (Phi) is 4.98. The summed E-state index contributed by atoms with van der Waals surface area (Å²) in [5.41, 5.74) is 3.95. The third-order valence-corrected chi connectivity index (χ3v) is 4.39. The van der Waals surface area contributed by atoms with Crippen LogP contribution in [0.15, 0.2) is 30.3 Å². The van der Waals surface area contributed by atoms with Crippen molar-refractivity contribution in [2.75, 3.05) is 26.1 Å². The van der Waals surface area contributed by atoms with E-state index < -0.39 is 0 Å². The van der Waals surface area contributed by atoms with Gasteiger partial charge in [-0.2, -0.15) is 0 Å². The highest BCUT2D eigenvalue weighted by Crippen LogP contribution is 2.34. The molecule has 5 heteroatoms.